The predicted octanol–water partition coefficient (Wildman–Crippen LogP) is 8.59. The highest BCUT2D eigenvalue weighted by atomic mass is 32.2. The molecule has 3 heterocycles. The minimum Gasteiger partial charge on any atom is -0.487 e. The lowest BCUT2D eigenvalue weighted by molar-refractivity contribution is -0.141. The van der Waals surface area contributed by atoms with E-state index in [9.17, 15) is 9.90 Å². The number of nitrogens with zero attached hydrogens (tertiary/aromatic N) is 3. The molecule has 0 bridgehead atoms. The fraction of sp³-hybridized carbons (Fsp3) is 0.324. The van der Waals surface area contributed by atoms with Crippen LogP contribution in [0.4, 0.5) is 0 Å². The summed E-state index contributed by atoms with van der Waals surface area (Å²) in [6.45, 7) is 13.8. The van der Waals surface area contributed by atoms with Crippen LogP contribution in [0.2, 0.25) is 0 Å². The van der Waals surface area contributed by atoms with E-state index in [0.717, 1.165) is 55.2 Å². The smallest absolute Gasteiger partial charge is 0.306 e. The van der Waals surface area contributed by atoms with Crippen molar-refractivity contribution in [2.75, 3.05) is 6.61 Å². The number of pyridine rings is 2. The molecule has 3 aromatic heterocycles. The Labute approximate surface area is 269 Å². The molecule has 0 fully saturated rings. The molecule has 8 heteroatoms. The lowest BCUT2D eigenvalue weighted by Gasteiger charge is -2.20. The second kappa shape index (κ2) is 13.8. The zero-order chi connectivity index (χ0) is 32.1. The topological polar surface area (TPSA) is 86.5 Å². The van der Waals surface area contributed by atoms with E-state index in [-0.39, 0.29) is 4.75 Å². The number of carboxylic acid groups (broad SMARTS) is 1. The van der Waals surface area contributed by atoms with E-state index in [0.29, 0.717) is 32.1 Å². The Morgan fingerprint density at radius 2 is 1.71 bits per heavy atom. The van der Waals surface area contributed by atoms with Crippen molar-refractivity contribution in [3.8, 4) is 22.8 Å². The largest absolute Gasteiger partial charge is 0.487 e. The third-order valence-corrected chi connectivity index (χ3v) is 8.71. The molecule has 0 spiro atoms. The van der Waals surface area contributed by atoms with E-state index in [1.807, 2.05) is 56.6 Å². The van der Waals surface area contributed by atoms with Gasteiger partial charge in [0.2, 0.25) is 5.88 Å². The Balaban J connectivity index is 1.52. The van der Waals surface area contributed by atoms with Crippen molar-refractivity contribution >= 4 is 28.6 Å². The van der Waals surface area contributed by atoms with Crippen LogP contribution in [0.3, 0.4) is 0 Å². The second-order valence-corrected chi connectivity index (χ2v) is 14.2. The maximum absolute atomic E-state index is 12.1. The minimum atomic E-state index is -0.804. The standard InChI is InChI=1S/C37H41N3O4S/c1-7-43-34-17-13-28(21-39-34)27-11-9-26(10-12-27)22-40-32-16-15-30(44-23-29-14-8-24(2)20-38-29)19-31(32)35(45-37(4,5)6)33(40)18-25(3)36(41)42/h8-17,19-21,25H,7,18,22-23H2,1-6H3,(H,41,42). The summed E-state index contributed by atoms with van der Waals surface area (Å²) in [7, 11) is 0. The zero-order valence-corrected chi connectivity index (χ0v) is 27.6. The summed E-state index contributed by atoms with van der Waals surface area (Å²) in [6, 6.07) is 22.6. The number of aryl methyl sites for hydroxylation is 1. The summed E-state index contributed by atoms with van der Waals surface area (Å²) in [5.41, 5.74) is 7.26. The highest BCUT2D eigenvalue weighted by molar-refractivity contribution is 8.00. The summed E-state index contributed by atoms with van der Waals surface area (Å²) >= 11 is 1.77. The monoisotopic (exact) mass is 623 g/mol. The molecule has 7 nitrogen and oxygen atoms in total. The highest BCUT2D eigenvalue weighted by Gasteiger charge is 2.26. The molecule has 234 valence electrons. The molecule has 0 aliphatic heterocycles. The van der Waals surface area contributed by atoms with Gasteiger partial charge in [0.25, 0.3) is 0 Å². The van der Waals surface area contributed by atoms with Gasteiger partial charge in [-0.15, -0.1) is 11.8 Å². The molecule has 0 saturated carbocycles. The third kappa shape index (κ3) is 8.05. The Hall–Kier alpha value is -4.30. The maximum atomic E-state index is 12.1. The first-order valence-corrected chi connectivity index (χ1v) is 16.1. The molecule has 0 amide bonds. The van der Waals surface area contributed by atoms with Gasteiger partial charge in [-0.1, -0.05) is 58.0 Å². The third-order valence-electron chi connectivity index (χ3n) is 7.44. The lowest BCUT2D eigenvalue weighted by atomic mass is 10.0. The second-order valence-electron chi connectivity index (χ2n) is 12.3. The van der Waals surface area contributed by atoms with Crippen molar-refractivity contribution < 1.29 is 19.4 Å². The molecule has 0 saturated heterocycles. The summed E-state index contributed by atoms with van der Waals surface area (Å²) in [4.78, 5) is 22.0. The van der Waals surface area contributed by atoms with Gasteiger partial charge in [0.1, 0.15) is 12.4 Å². The zero-order valence-electron chi connectivity index (χ0n) is 26.8. The molecule has 5 aromatic rings. The molecule has 1 atom stereocenters. The van der Waals surface area contributed by atoms with Crippen LogP contribution in [0.1, 0.15) is 57.1 Å². The van der Waals surface area contributed by atoms with Gasteiger partial charge in [0.05, 0.1) is 18.2 Å². The number of fused-ring (bicyclic) bond motifs is 1. The van der Waals surface area contributed by atoms with Crippen LogP contribution in [-0.4, -0.2) is 37.0 Å². The van der Waals surface area contributed by atoms with E-state index in [1.54, 1.807) is 18.7 Å². The maximum Gasteiger partial charge on any atom is 0.306 e. The number of carboxylic acids is 1. The summed E-state index contributed by atoms with van der Waals surface area (Å²) in [5, 5.41) is 11.0. The van der Waals surface area contributed by atoms with Crippen molar-refractivity contribution in [1.29, 1.82) is 0 Å². The van der Waals surface area contributed by atoms with Gasteiger partial charge in [-0.25, -0.2) is 4.98 Å². The van der Waals surface area contributed by atoms with Crippen LogP contribution in [0.25, 0.3) is 22.0 Å². The number of rotatable bonds is 12. The van der Waals surface area contributed by atoms with Crippen molar-refractivity contribution in [1.82, 2.24) is 14.5 Å². The molecule has 0 radical (unpaired) electrons. The number of carbonyl (C=O) groups is 1. The van der Waals surface area contributed by atoms with Crippen LogP contribution in [0.5, 0.6) is 11.6 Å². The Bertz CT molecular complexity index is 1760. The Morgan fingerprint density at radius 3 is 2.33 bits per heavy atom. The van der Waals surface area contributed by atoms with Crippen molar-refractivity contribution in [2.45, 2.75) is 70.8 Å². The summed E-state index contributed by atoms with van der Waals surface area (Å²) < 4.78 is 13.9. The highest BCUT2D eigenvalue weighted by Crippen LogP contribution is 2.43. The first kappa shape index (κ1) is 32.1. The molecule has 0 aliphatic carbocycles. The predicted molar refractivity (Wildman–Crippen MR) is 181 cm³/mol. The SMILES string of the molecule is CCOc1ccc(-c2ccc(Cn3c(CC(C)C(=O)O)c(SC(C)(C)C)c4cc(OCc5ccc(C)cn5)ccc43)cc2)cn1. The molecular formula is C37H41N3O4S. The van der Waals surface area contributed by atoms with E-state index in [4.69, 9.17) is 9.47 Å². The number of hydrogen-bond donors (Lipinski definition) is 1. The molecular weight excluding hydrogens is 582 g/mol. The normalized spacial score (nSPS) is 12.3. The lowest BCUT2D eigenvalue weighted by Crippen LogP contribution is -2.17. The van der Waals surface area contributed by atoms with Gasteiger partial charge in [0, 0.05) is 63.2 Å². The quantitative estimate of drug-likeness (QED) is 0.139. The first-order valence-electron chi connectivity index (χ1n) is 15.3. The average molecular weight is 624 g/mol. The van der Waals surface area contributed by atoms with E-state index in [2.05, 4.69) is 71.7 Å². The molecule has 45 heavy (non-hydrogen) atoms. The van der Waals surface area contributed by atoms with Gasteiger partial charge in [0.15, 0.2) is 0 Å². The molecule has 2 aromatic carbocycles. The van der Waals surface area contributed by atoms with Crippen LogP contribution >= 0.6 is 11.8 Å². The number of thioether (sulfide) groups is 1. The van der Waals surface area contributed by atoms with E-state index >= 15 is 0 Å². The van der Waals surface area contributed by atoms with Crippen molar-refractivity contribution in [2.24, 2.45) is 5.92 Å². The van der Waals surface area contributed by atoms with Crippen molar-refractivity contribution in [3.63, 3.8) is 0 Å². The van der Waals surface area contributed by atoms with Crippen molar-refractivity contribution in [3.05, 3.63) is 102 Å². The fourth-order valence-corrected chi connectivity index (χ4v) is 6.33. The number of aromatic nitrogens is 3. The van der Waals surface area contributed by atoms with Crippen LogP contribution in [-0.2, 0) is 24.4 Å². The van der Waals surface area contributed by atoms with E-state index < -0.39 is 11.9 Å². The summed E-state index contributed by atoms with van der Waals surface area (Å²) in [6.07, 6.45) is 4.09. The van der Waals surface area contributed by atoms with Gasteiger partial charge >= 0.3 is 5.97 Å². The minimum absolute atomic E-state index is 0.0869. The van der Waals surface area contributed by atoms with Gasteiger partial charge in [-0.3, -0.25) is 9.78 Å². The van der Waals surface area contributed by atoms with Gasteiger partial charge in [-0.2, -0.15) is 0 Å². The van der Waals surface area contributed by atoms with Crippen LogP contribution in [0, 0.1) is 12.8 Å². The molecule has 5 rings (SSSR count). The van der Waals surface area contributed by atoms with E-state index in [1.165, 1.54) is 0 Å². The molecule has 1 N–H and O–H groups in total. The first-order chi connectivity index (χ1) is 21.5. The van der Waals surface area contributed by atoms with Crippen LogP contribution in [0.15, 0.2) is 84.0 Å². The number of benzene rings is 2. The molecule has 1 unspecified atom stereocenters. The van der Waals surface area contributed by atoms with Crippen LogP contribution < -0.4 is 9.47 Å². The summed E-state index contributed by atoms with van der Waals surface area (Å²) in [5.74, 6) is 0.0282. The average Bonchev–Trinajstić information content (AvgIpc) is 3.27. The van der Waals surface area contributed by atoms with Gasteiger partial charge in [-0.05, 0) is 60.9 Å². The number of aliphatic carboxylic acids is 1. The fourth-order valence-electron chi connectivity index (χ4n) is 5.14. The number of ether oxygens (including phenoxy) is 2. The Morgan fingerprint density at radius 1 is 0.956 bits per heavy atom. The number of hydrogen-bond acceptors (Lipinski definition) is 6. The Kier molecular flexibility index (Phi) is 9.83. The van der Waals surface area contributed by atoms with Gasteiger partial charge < -0.3 is 19.1 Å². The molecule has 0 aliphatic rings.